The van der Waals surface area contributed by atoms with Crippen LogP contribution in [0.3, 0.4) is 0 Å². The molecule has 12 heteroatoms. The van der Waals surface area contributed by atoms with Gasteiger partial charge in [-0.15, -0.1) is 18.3 Å². The van der Waals surface area contributed by atoms with Crippen LogP contribution < -0.4 is 4.74 Å². The van der Waals surface area contributed by atoms with Crippen molar-refractivity contribution in [3.63, 3.8) is 0 Å². The molecule has 154 valence electrons. The number of aliphatic hydroxyl groups excluding tert-OH is 1. The Kier molecular flexibility index (Phi) is 5.73. The molecule has 0 radical (unpaired) electrons. The van der Waals surface area contributed by atoms with E-state index in [1.165, 1.54) is 24.4 Å². The maximum Gasteiger partial charge on any atom is 0.573 e. The number of benzene rings is 1. The van der Waals surface area contributed by atoms with Gasteiger partial charge < -0.3 is 9.84 Å². The summed E-state index contributed by atoms with van der Waals surface area (Å²) in [5.74, 6) is -3.99. The van der Waals surface area contributed by atoms with Crippen molar-refractivity contribution in [2.75, 3.05) is 0 Å². The highest BCUT2D eigenvalue weighted by molar-refractivity contribution is 5.31. The molecule has 0 aliphatic heterocycles. The first kappa shape index (κ1) is 20.6. The summed E-state index contributed by atoms with van der Waals surface area (Å²) in [5.41, 5.74) is 0.569. The van der Waals surface area contributed by atoms with Crippen molar-refractivity contribution in [3.05, 3.63) is 65.7 Å². The smallest absolute Gasteiger partial charge is 0.406 e. The van der Waals surface area contributed by atoms with Crippen LogP contribution in [-0.4, -0.2) is 42.8 Å². The third-order valence-corrected chi connectivity index (χ3v) is 3.90. The van der Waals surface area contributed by atoms with Crippen molar-refractivity contribution in [2.24, 2.45) is 0 Å². The number of tetrazole rings is 1. The van der Waals surface area contributed by atoms with Crippen LogP contribution in [0, 0.1) is 0 Å². The minimum Gasteiger partial charge on any atom is -0.406 e. The van der Waals surface area contributed by atoms with Gasteiger partial charge in [0.25, 0.3) is 0 Å². The average molecular weight is 415 g/mol. The number of alkyl halides is 5. The Balaban J connectivity index is 1.65. The van der Waals surface area contributed by atoms with Gasteiger partial charge in [0.15, 0.2) is 0 Å². The molecule has 0 saturated heterocycles. The van der Waals surface area contributed by atoms with Crippen LogP contribution in [0.5, 0.6) is 5.75 Å². The highest BCUT2D eigenvalue weighted by atomic mass is 19.4. The van der Waals surface area contributed by atoms with Crippen molar-refractivity contribution in [1.29, 1.82) is 0 Å². The molecule has 1 atom stereocenters. The zero-order valence-electron chi connectivity index (χ0n) is 14.6. The molecular formula is C17H14F5N5O2. The normalized spacial score (nSPS) is 13.3. The Labute approximate surface area is 160 Å². The number of nitrogens with zero attached hydrogens (tertiary/aromatic N) is 5. The van der Waals surface area contributed by atoms with Crippen LogP contribution in [0.25, 0.3) is 0 Å². The molecule has 0 fully saturated rings. The lowest BCUT2D eigenvalue weighted by Crippen LogP contribution is -2.35. The van der Waals surface area contributed by atoms with Crippen LogP contribution >= 0.6 is 0 Å². The first-order valence-corrected chi connectivity index (χ1v) is 8.20. The van der Waals surface area contributed by atoms with E-state index in [4.69, 9.17) is 0 Å². The maximum absolute atomic E-state index is 14.4. The molecule has 1 aromatic carbocycles. The Bertz CT molecular complexity index is 915. The standard InChI is InChI=1S/C17H14F5N5O2/c18-16(19,15(28)9-27-10-24-25-26-27)14-6-3-12(8-23-14)7-11-1-4-13(5-2-11)29-17(20,21)22/h1-6,8,10,15,28H,7,9H2. The van der Waals surface area contributed by atoms with Gasteiger partial charge in [0.1, 0.15) is 23.9 Å². The molecule has 1 N–H and O–H groups in total. The van der Waals surface area contributed by atoms with Gasteiger partial charge in [0.05, 0.1) is 6.54 Å². The van der Waals surface area contributed by atoms with E-state index in [2.05, 4.69) is 25.2 Å². The van der Waals surface area contributed by atoms with Gasteiger partial charge in [-0.1, -0.05) is 18.2 Å². The van der Waals surface area contributed by atoms with E-state index in [0.29, 0.717) is 11.1 Å². The van der Waals surface area contributed by atoms with Gasteiger partial charge in [0, 0.05) is 6.20 Å². The maximum atomic E-state index is 14.4. The molecule has 0 saturated carbocycles. The third kappa shape index (κ3) is 5.44. The van der Waals surface area contributed by atoms with Crippen LogP contribution in [-0.2, 0) is 18.9 Å². The van der Waals surface area contributed by atoms with E-state index in [1.807, 2.05) is 0 Å². The van der Waals surface area contributed by atoms with Gasteiger partial charge in [-0.05, 0) is 46.2 Å². The van der Waals surface area contributed by atoms with Gasteiger partial charge in [-0.3, -0.25) is 4.98 Å². The molecule has 29 heavy (non-hydrogen) atoms. The lowest BCUT2D eigenvalue weighted by Gasteiger charge is -2.21. The van der Waals surface area contributed by atoms with Crippen molar-refractivity contribution in [3.8, 4) is 5.75 Å². The fourth-order valence-electron chi connectivity index (χ4n) is 2.50. The summed E-state index contributed by atoms with van der Waals surface area (Å²) in [6, 6.07) is 7.67. The van der Waals surface area contributed by atoms with Gasteiger partial charge in [-0.2, -0.15) is 8.78 Å². The lowest BCUT2D eigenvalue weighted by molar-refractivity contribution is -0.274. The van der Waals surface area contributed by atoms with Crippen molar-refractivity contribution in [1.82, 2.24) is 25.2 Å². The number of rotatable bonds is 7. The number of hydrogen-bond donors (Lipinski definition) is 1. The molecule has 0 aliphatic rings. The Morgan fingerprint density at radius 1 is 1.00 bits per heavy atom. The van der Waals surface area contributed by atoms with Crippen LogP contribution in [0.2, 0.25) is 0 Å². The Hall–Kier alpha value is -3.15. The monoisotopic (exact) mass is 415 g/mol. The second-order valence-electron chi connectivity index (χ2n) is 6.09. The third-order valence-electron chi connectivity index (χ3n) is 3.90. The second kappa shape index (κ2) is 8.07. The molecule has 0 amide bonds. The van der Waals surface area contributed by atoms with Crippen molar-refractivity contribution in [2.45, 2.75) is 31.4 Å². The number of aliphatic hydroxyl groups is 1. The SMILES string of the molecule is OC(Cn1cnnn1)C(F)(F)c1ccc(Cc2ccc(OC(F)(F)F)cc2)cn1. The topological polar surface area (TPSA) is 86.0 Å². The number of aromatic nitrogens is 5. The number of pyridine rings is 1. The molecular weight excluding hydrogens is 401 g/mol. The predicted molar refractivity (Wildman–Crippen MR) is 87.9 cm³/mol. The minimum atomic E-state index is -4.78. The minimum absolute atomic E-state index is 0.262. The lowest BCUT2D eigenvalue weighted by atomic mass is 10.0. The van der Waals surface area contributed by atoms with Crippen molar-refractivity contribution >= 4 is 0 Å². The molecule has 1 unspecified atom stereocenters. The molecule has 0 spiro atoms. The largest absolute Gasteiger partial charge is 0.573 e. The van der Waals surface area contributed by atoms with E-state index < -0.39 is 30.6 Å². The fraction of sp³-hybridized carbons (Fsp3) is 0.294. The summed E-state index contributed by atoms with van der Waals surface area (Å²) < 4.78 is 70.0. The average Bonchev–Trinajstić information content (AvgIpc) is 3.15. The number of ether oxygens (including phenoxy) is 1. The fourth-order valence-corrected chi connectivity index (χ4v) is 2.50. The quantitative estimate of drug-likeness (QED) is 0.598. The predicted octanol–water partition coefficient (Wildman–Crippen LogP) is 2.71. The zero-order valence-corrected chi connectivity index (χ0v) is 14.6. The molecule has 3 aromatic rings. The van der Waals surface area contributed by atoms with Gasteiger partial charge in [-0.25, -0.2) is 4.68 Å². The summed E-state index contributed by atoms with van der Waals surface area (Å²) in [5, 5.41) is 19.8. The molecule has 2 heterocycles. The summed E-state index contributed by atoms with van der Waals surface area (Å²) >= 11 is 0. The Morgan fingerprint density at radius 3 is 2.24 bits per heavy atom. The van der Waals surface area contributed by atoms with Gasteiger partial charge >= 0.3 is 12.3 Å². The summed E-state index contributed by atoms with van der Waals surface area (Å²) in [7, 11) is 0. The molecule has 3 rings (SSSR count). The van der Waals surface area contributed by atoms with E-state index in [1.54, 1.807) is 0 Å². The highest BCUT2D eigenvalue weighted by Gasteiger charge is 2.42. The van der Waals surface area contributed by atoms with E-state index in [0.717, 1.165) is 29.2 Å². The summed E-state index contributed by atoms with van der Waals surface area (Å²) in [4.78, 5) is 3.72. The van der Waals surface area contributed by atoms with E-state index in [9.17, 15) is 27.1 Å². The molecule has 0 aliphatic carbocycles. The van der Waals surface area contributed by atoms with Crippen LogP contribution in [0.1, 0.15) is 16.8 Å². The first-order valence-electron chi connectivity index (χ1n) is 8.20. The van der Waals surface area contributed by atoms with Crippen LogP contribution in [0.15, 0.2) is 48.9 Å². The van der Waals surface area contributed by atoms with Gasteiger partial charge in [0.2, 0.25) is 0 Å². The molecule has 7 nitrogen and oxygen atoms in total. The van der Waals surface area contributed by atoms with Crippen LogP contribution in [0.4, 0.5) is 22.0 Å². The number of hydrogen-bond acceptors (Lipinski definition) is 6. The Morgan fingerprint density at radius 2 is 1.69 bits per heavy atom. The van der Waals surface area contributed by atoms with E-state index in [-0.39, 0.29) is 12.2 Å². The van der Waals surface area contributed by atoms with Crippen molar-refractivity contribution < 1.29 is 31.8 Å². The second-order valence-corrected chi connectivity index (χ2v) is 6.09. The zero-order chi connectivity index (χ0) is 21.1. The summed E-state index contributed by atoms with van der Waals surface area (Å²) in [6.45, 7) is -0.518. The highest BCUT2D eigenvalue weighted by Crippen LogP contribution is 2.31. The molecule has 2 aromatic heterocycles. The summed E-state index contributed by atoms with van der Waals surface area (Å²) in [6.07, 6.45) is -4.29. The van der Waals surface area contributed by atoms with E-state index >= 15 is 0 Å². The first-order chi connectivity index (χ1) is 13.6. The number of halogens is 5. The molecule has 0 bridgehead atoms.